The fraction of sp³-hybridized carbons (Fsp3) is 0.591. The number of carbonyl (C=O) groups is 1. The standard InChI is InChI=1S/C22H30N4O4/c27-22(23-18-6-2-1-3-7-18)26-12-5-4-8-19(26)21-24-20(25-30-21)11-15-29-16-17-9-13-28-14-10-17/h1-3,6-7,17,19H,4-5,8-16H2,(H,23,27). The SMILES string of the molecule is O=C(Nc1ccccc1)N1CCCCC1c1nc(CCOCC2CCOCC2)no1. The number of hydrogen-bond acceptors (Lipinski definition) is 6. The molecule has 3 heterocycles. The van der Waals surface area contributed by atoms with E-state index in [1.165, 1.54) is 0 Å². The number of likely N-dealkylation sites (tertiary alicyclic amines) is 1. The van der Waals surface area contributed by atoms with Gasteiger partial charge in [0.25, 0.3) is 0 Å². The number of ether oxygens (including phenoxy) is 2. The number of para-hydroxylation sites is 1. The maximum absolute atomic E-state index is 12.8. The third kappa shape index (κ3) is 5.58. The summed E-state index contributed by atoms with van der Waals surface area (Å²) in [5.41, 5.74) is 0.778. The van der Waals surface area contributed by atoms with E-state index in [9.17, 15) is 4.79 Å². The van der Waals surface area contributed by atoms with Gasteiger partial charge in [0.1, 0.15) is 6.04 Å². The lowest BCUT2D eigenvalue weighted by molar-refractivity contribution is 0.0211. The first-order chi connectivity index (χ1) is 14.8. The van der Waals surface area contributed by atoms with Gasteiger partial charge in [-0.05, 0) is 50.2 Å². The Labute approximate surface area is 176 Å². The van der Waals surface area contributed by atoms with E-state index in [0.717, 1.165) is 57.6 Å². The lowest BCUT2D eigenvalue weighted by Gasteiger charge is -2.33. The van der Waals surface area contributed by atoms with Gasteiger partial charge in [-0.25, -0.2) is 4.79 Å². The molecule has 0 aliphatic carbocycles. The molecule has 2 aromatic rings. The van der Waals surface area contributed by atoms with Crippen LogP contribution in [0.5, 0.6) is 0 Å². The Balaban J connectivity index is 1.29. The molecule has 1 unspecified atom stereocenters. The first-order valence-electron chi connectivity index (χ1n) is 10.9. The smallest absolute Gasteiger partial charge is 0.322 e. The number of piperidine rings is 1. The third-order valence-electron chi connectivity index (χ3n) is 5.72. The van der Waals surface area contributed by atoms with Crippen LogP contribution < -0.4 is 5.32 Å². The number of rotatable bonds is 7. The van der Waals surface area contributed by atoms with Crippen LogP contribution in [0.1, 0.15) is 49.9 Å². The van der Waals surface area contributed by atoms with Gasteiger partial charge in [-0.15, -0.1) is 0 Å². The first kappa shape index (κ1) is 20.8. The summed E-state index contributed by atoms with van der Waals surface area (Å²) in [5, 5.41) is 7.07. The van der Waals surface area contributed by atoms with Crippen LogP contribution in [0, 0.1) is 5.92 Å². The fourth-order valence-corrected chi connectivity index (χ4v) is 3.98. The molecule has 0 radical (unpaired) electrons. The number of anilines is 1. The van der Waals surface area contributed by atoms with Crippen molar-refractivity contribution in [1.29, 1.82) is 0 Å². The van der Waals surface area contributed by atoms with Crippen LogP contribution in [0.15, 0.2) is 34.9 Å². The van der Waals surface area contributed by atoms with Crippen molar-refractivity contribution in [2.24, 2.45) is 5.92 Å². The van der Waals surface area contributed by atoms with Crippen molar-refractivity contribution < 1.29 is 18.8 Å². The number of carbonyl (C=O) groups excluding carboxylic acids is 1. The van der Waals surface area contributed by atoms with Crippen LogP contribution in [-0.4, -0.2) is 54.0 Å². The van der Waals surface area contributed by atoms with Crippen molar-refractivity contribution >= 4 is 11.7 Å². The lowest BCUT2D eigenvalue weighted by atomic mass is 10.0. The Morgan fingerprint density at radius 2 is 2.00 bits per heavy atom. The van der Waals surface area contributed by atoms with Crippen LogP contribution in [0.3, 0.4) is 0 Å². The highest BCUT2D eigenvalue weighted by molar-refractivity contribution is 5.89. The second kappa shape index (κ2) is 10.5. The quantitative estimate of drug-likeness (QED) is 0.693. The second-order valence-electron chi connectivity index (χ2n) is 7.93. The molecule has 8 nitrogen and oxygen atoms in total. The Morgan fingerprint density at radius 1 is 1.17 bits per heavy atom. The molecule has 2 aliphatic heterocycles. The lowest BCUT2D eigenvalue weighted by Crippen LogP contribution is -2.41. The maximum Gasteiger partial charge on any atom is 0.322 e. The normalized spacial score (nSPS) is 20.3. The minimum Gasteiger partial charge on any atom is -0.381 e. The molecule has 30 heavy (non-hydrogen) atoms. The number of nitrogens with one attached hydrogen (secondary N) is 1. The number of hydrogen-bond donors (Lipinski definition) is 1. The number of amides is 2. The van der Waals surface area contributed by atoms with Gasteiger partial charge in [-0.2, -0.15) is 4.98 Å². The number of nitrogens with zero attached hydrogens (tertiary/aromatic N) is 3. The third-order valence-corrected chi connectivity index (χ3v) is 5.72. The van der Waals surface area contributed by atoms with Crippen LogP contribution in [0.25, 0.3) is 0 Å². The predicted octanol–water partition coefficient (Wildman–Crippen LogP) is 3.81. The molecule has 162 valence electrons. The summed E-state index contributed by atoms with van der Waals surface area (Å²) in [5.74, 6) is 1.72. The molecule has 1 aromatic heterocycles. The molecule has 2 amide bonds. The zero-order valence-corrected chi connectivity index (χ0v) is 17.3. The van der Waals surface area contributed by atoms with E-state index in [4.69, 9.17) is 14.0 Å². The molecule has 2 saturated heterocycles. The molecule has 0 spiro atoms. The largest absolute Gasteiger partial charge is 0.381 e. The van der Waals surface area contributed by atoms with Gasteiger partial charge >= 0.3 is 6.03 Å². The highest BCUT2D eigenvalue weighted by Crippen LogP contribution is 2.30. The molecule has 0 bridgehead atoms. The first-order valence-corrected chi connectivity index (χ1v) is 10.9. The van der Waals surface area contributed by atoms with Gasteiger partial charge in [0, 0.05) is 38.5 Å². The molecule has 8 heteroatoms. The second-order valence-corrected chi connectivity index (χ2v) is 7.93. The van der Waals surface area contributed by atoms with Crippen molar-refractivity contribution in [1.82, 2.24) is 15.0 Å². The fourth-order valence-electron chi connectivity index (χ4n) is 3.98. The highest BCUT2D eigenvalue weighted by atomic mass is 16.5. The molecule has 1 N–H and O–H groups in total. The van der Waals surface area contributed by atoms with Gasteiger partial charge in [0.15, 0.2) is 5.82 Å². The molecule has 0 saturated carbocycles. The van der Waals surface area contributed by atoms with Crippen molar-refractivity contribution in [2.75, 3.05) is 38.3 Å². The van der Waals surface area contributed by atoms with E-state index in [0.29, 0.717) is 37.2 Å². The van der Waals surface area contributed by atoms with E-state index < -0.39 is 0 Å². The summed E-state index contributed by atoms with van der Waals surface area (Å²) in [6.07, 6.45) is 5.56. The van der Waals surface area contributed by atoms with E-state index >= 15 is 0 Å². The Bertz CT molecular complexity index is 791. The Morgan fingerprint density at radius 3 is 2.83 bits per heavy atom. The molecular weight excluding hydrogens is 384 g/mol. The van der Waals surface area contributed by atoms with Gasteiger partial charge in [0.2, 0.25) is 5.89 Å². The Kier molecular flexibility index (Phi) is 7.31. The van der Waals surface area contributed by atoms with E-state index in [1.807, 2.05) is 30.3 Å². The van der Waals surface area contributed by atoms with Crippen LogP contribution in [-0.2, 0) is 15.9 Å². The minimum atomic E-state index is -0.188. The van der Waals surface area contributed by atoms with Crippen molar-refractivity contribution in [3.8, 4) is 0 Å². The van der Waals surface area contributed by atoms with Gasteiger partial charge in [-0.3, -0.25) is 0 Å². The zero-order valence-electron chi connectivity index (χ0n) is 17.3. The predicted molar refractivity (Wildman–Crippen MR) is 111 cm³/mol. The highest BCUT2D eigenvalue weighted by Gasteiger charge is 2.32. The van der Waals surface area contributed by atoms with Gasteiger partial charge in [-0.1, -0.05) is 23.4 Å². The van der Waals surface area contributed by atoms with Crippen molar-refractivity contribution in [3.05, 3.63) is 42.0 Å². The van der Waals surface area contributed by atoms with E-state index in [2.05, 4.69) is 15.5 Å². The van der Waals surface area contributed by atoms with Gasteiger partial charge < -0.3 is 24.2 Å². The van der Waals surface area contributed by atoms with Gasteiger partial charge in [0.05, 0.1) is 6.61 Å². The summed E-state index contributed by atoms with van der Waals surface area (Å²) in [6.45, 7) is 3.66. The molecule has 1 atom stereocenters. The number of aromatic nitrogens is 2. The van der Waals surface area contributed by atoms with Crippen LogP contribution in [0.4, 0.5) is 10.5 Å². The maximum atomic E-state index is 12.8. The summed E-state index contributed by atoms with van der Waals surface area (Å²) in [7, 11) is 0. The summed E-state index contributed by atoms with van der Waals surface area (Å²) >= 11 is 0. The van der Waals surface area contributed by atoms with Crippen molar-refractivity contribution in [2.45, 2.75) is 44.6 Å². The topological polar surface area (TPSA) is 89.7 Å². The van der Waals surface area contributed by atoms with Crippen molar-refractivity contribution in [3.63, 3.8) is 0 Å². The minimum absolute atomic E-state index is 0.134. The molecular formula is C22H30N4O4. The number of urea groups is 1. The summed E-state index contributed by atoms with van der Waals surface area (Å²) in [6, 6.07) is 9.16. The average Bonchev–Trinajstić information content (AvgIpc) is 3.27. The Hall–Kier alpha value is -2.45. The number of benzene rings is 1. The summed E-state index contributed by atoms with van der Waals surface area (Å²) in [4.78, 5) is 19.2. The summed E-state index contributed by atoms with van der Waals surface area (Å²) < 4.78 is 16.7. The molecule has 2 aliphatic rings. The molecule has 4 rings (SSSR count). The zero-order chi connectivity index (χ0) is 20.6. The van der Waals surface area contributed by atoms with E-state index in [1.54, 1.807) is 4.90 Å². The van der Waals surface area contributed by atoms with Crippen LogP contribution >= 0.6 is 0 Å². The van der Waals surface area contributed by atoms with Crippen LogP contribution in [0.2, 0.25) is 0 Å². The van der Waals surface area contributed by atoms with E-state index in [-0.39, 0.29) is 12.1 Å². The molecule has 1 aromatic carbocycles. The molecule has 2 fully saturated rings. The monoisotopic (exact) mass is 414 g/mol. The average molecular weight is 415 g/mol.